The fourth-order valence-corrected chi connectivity index (χ4v) is 3.18. The van der Waals surface area contributed by atoms with Gasteiger partial charge in [-0.3, -0.25) is 4.79 Å². The van der Waals surface area contributed by atoms with Crippen LogP contribution in [0.3, 0.4) is 0 Å². The SMILES string of the molecule is Cc1cccc(OC2CC(NC(=O)c3cnn4ccccc34)C2)c1C. The average molecular weight is 335 g/mol. The second kappa shape index (κ2) is 6.24. The Morgan fingerprint density at radius 2 is 2.04 bits per heavy atom. The summed E-state index contributed by atoms with van der Waals surface area (Å²) < 4.78 is 7.78. The number of pyridine rings is 1. The largest absolute Gasteiger partial charge is 0.490 e. The summed E-state index contributed by atoms with van der Waals surface area (Å²) in [5.41, 5.74) is 3.85. The Morgan fingerprint density at radius 3 is 2.88 bits per heavy atom. The molecule has 0 radical (unpaired) electrons. The smallest absolute Gasteiger partial charge is 0.255 e. The first kappa shape index (κ1) is 15.7. The van der Waals surface area contributed by atoms with Crippen molar-refractivity contribution in [3.63, 3.8) is 0 Å². The quantitative estimate of drug-likeness (QED) is 0.796. The third-order valence-corrected chi connectivity index (χ3v) is 4.95. The molecule has 0 atom stereocenters. The zero-order valence-electron chi connectivity index (χ0n) is 14.4. The van der Waals surface area contributed by atoms with E-state index in [0.29, 0.717) is 5.56 Å². The van der Waals surface area contributed by atoms with Crippen LogP contribution in [0, 0.1) is 13.8 Å². The van der Waals surface area contributed by atoms with E-state index in [4.69, 9.17) is 4.74 Å². The number of rotatable bonds is 4. The molecule has 2 heterocycles. The van der Waals surface area contributed by atoms with Gasteiger partial charge in [-0.2, -0.15) is 5.10 Å². The number of aryl methyl sites for hydroxylation is 1. The van der Waals surface area contributed by atoms with Gasteiger partial charge in [-0.15, -0.1) is 0 Å². The minimum Gasteiger partial charge on any atom is -0.490 e. The molecule has 4 rings (SSSR count). The second-order valence-electron chi connectivity index (χ2n) is 6.67. The van der Waals surface area contributed by atoms with E-state index in [9.17, 15) is 4.79 Å². The minimum atomic E-state index is -0.0728. The molecule has 1 aliphatic rings. The maximum Gasteiger partial charge on any atom is 0.255 e. The molecule has 1 saturated carbocycles. The zero-order chi connectivity index (χ0) is 17.4. The number of nitrogens with one attached hydrogen (secondary N) is 1. The lowest BCUT2D eigenvalue weighted by molar-refractivity contribution is 0.0698. The number of carbonyl (C=O) groups excluding carboxylic acids is 1. The molecule has 0 unspecified atom stereocenters. The molecule has 5 heteroatoms. The summed E-state index contributed by atoms with van der Waals surface area (Å²) in [5.74, 6) is 0.869. The van der Waals surface area contributed by atoms with Crippen molar-refractivity contribution in [1.29, 1.82) is 0 Å². The van der Waals surface area contributed by atoms with Crippen LogP contribution in [-0.4, -0.2) is 27.7 Å². The van der Waals surface area contributed by atoms with Gasteiger partial charge in [0.15, 0.2) is 0 Å². The van der Waals surface area contributed by atoms with E-state index in [2.05, 4.69) is 30.3 Å². The van der Waals surface area contributed by atoms with Crippen molar-refractivity contribution in [2.75, 3.05) is 0 Å². The molecule has 1 amide bonds. The van der Waals surface area contributed by atoms with Gasteiger partial charge in [0, 0.05) is 25.1 Å². The van der Waals surface area contributed by atoms with E-state index in [0.717, 1.165) is 24.1 Å². The van der Waals surface area contributed by atoms with Gasteiger partial charge in [0.05, 0.1) is 17.3 Å². The van der Waals surface area contributed by atoms with E-state index >= 15 is 0 Å². The van der Waals surface area contributed by atoms with Crippen LogP contribution in [0.15, 0.2) is 48.8 Å². The van der Waals surface area contributed by atoms with Gasteiger partial charge in [0.1, 0.15) is 11.9 Å². The molecule has 1 fully saturated rings. The highest BCUT2D eigenvalue weighted by Gasteiger charge is 2.33. The number of amides is 1. The van der Waals surface area contributed by atoms with Crippen molar-refractivity contribution in [3.05, 3.63) is 65.5 Å². The summed E-state index contributed by atoms with van der Waals surface area (Å²) in [6.07, 6.45) is 5.28. The minimum absolute atomic E-state index is 0.0728. The van der Waals surface area contributed by atoms with Crippen LogP contribution >= 0.6 is 0 Å². The monoisotopic (exact) mass is 335 g/mol. The first-order valence-corrected chi connectivity index (χ1v) is 8.58. The zero-order valence-corrected chi connectivity index (χ0v) is 14.4. The van der Waals surface area contributed by atoms with E-state index in [1.165, 1.54) is 11.1 Å². The number of hydrogen-bond acceptors (Lipinski definition) is 3. The molecule has 0 spiro atoms. The number of hydrogen-bond donors (Lipinski definition) is 1. The lowest BCUT2D eigenvalue weighted by Gasteiger charge is -2.36. The van der Waals surface area contributed by atoms with Gasteiger partial charge in [-0.1, -0.05) is 18.2 Å². The summed E-state index contributed by atoms with van der Waals surface area (Å²) in [6, 6.07) is 12.0. The predicted octanol–water partition coefficient (Wildman–Crippen LogP) is 3.29. The van der Waals surface area contributed by atoms with E-state index in [1.807, 2.05) is 36.5 Å². The normalized spacial score (nSPS) is 19.4. The van der Waals surface area contributed by atoms with Crippen molar-refractivity contribution >= 4 is 11.4 Å². The van der Waals surface area contributed by atoms with Gasteiger partial charge >= 0.3 is 0 Å². The third-order valence-electron chi connectivity index (χ3n) is 4.95. The van der Waals surface area contributed by atoms with E-state index in [1.54, 1.807) is 10.7 Å². The molecular weight excluding hydrogens is 314 g/mol. The Labute approximate surface area is 146 Å². The molecule has 0 bridgehead atoms. The standard InChI is InChI=1S/C20H21N3O2/c1-13-6-5-8-19(14(13)2)25-16-10-15(11-16)22-20(24)17-12-21-23-9-4-3-7-18(17)23/h3-9,12,15-16H,10-11H2,1-2H3,(H,22,24). The highest BCUT2D eigenvalue weighted by Crippen LogP contribution is 2.29. The number of nitrogens with zero attached hydrogens (tertiary/aromatic N) is 2. The Morgan fingerprint density at radius 1 is 1.20 bits per heavy atom. The van der Waals surface area contributed by atoms with Crippen LogP contribution in [-0.2, 0) is 0 Å². The Hall–Kier alpha value is -2.82. The number of carbonyl (C=O) groups is 1. The van der Waals surface area contributed by atoms with Gasteiger partial charge in [-0.25, -0.2) is 4.52 Å². The number of ether oxygens (including phenoxy) is 1. The van der Waals surface area contributed by atoms with Crippen molar-refractivity contribution in [3.8, 4) is 5.75 Å². The Bertz CT molecular complexity index is 926. The molecule has 5 nitrogen and oxygen atoms in total. The van der Waals surface area contributed by atoms with Crippen LogP contribution < -0.4 is 10.1 Å². The molecule has 0 saturated heterocycles. The lowest BCUT2D eigenvalue weighted by Crippen LogP contribution is -2.49. The highest BCUT2D eigenvalue weighted by molar-refractivity contribution is 6.00. The van der Waals surface area contributed by atoms with Crippen LogP contribution in [0.2, 0.25) is 0 Å². The third kappa shape index (κ3) is 2.97. The lowest BCUT2D eigenvalue weighted by atomic mass is 9.89. The summed E-state index contributed by atoms with van der Waals surface area (Å²) in [4.78, 5) is 12.5. The molecule has 3 aromatic rings. The van der Waals surface area contributed by atoms with Crippen molar-refractivity contribution in [1.82, 2.24) is 14.9 Å². The fourth-order valence-electron chi connectivity index (χ4n) is 3.18. The average Bonchev–Trinajstić information content (AvgIpc) is 3.01. The topological polar surface area (TPSA) is 55.6 Å². The summed E-state index contributed by atoms with van der Waals surface area (Å²) in [6.45, 7) is 4.16. The van der Waals surface area contributed by atoms with Gasteiger partial charge < -0.3 is 10.1 Å². The summed E-state index contributed by atoms with van der Waals surface area (Å²) in [5, 5.41) is 7.29. The van der Waals surface area contributed by atoms with Crippen LogP contribution in [0.1, 0.15) is 34.3 Å². The Balaban J connectivity index is 1.35. The molecule has 128 valence electrons. The summed E-state index contributed by atoms with van der Waals surface area (Å²) >= 11 is 0. The molecule has 1 N–H and O–H groups in total. The first-order valence-electron chi connectivity index (χ1n) is 8.58. The molecular formula is C20H21N3O2. The molecule has 0 aliphatic heterocycles. The van der Waals surface area contributed by atoms with Crippen molar-refractivity contribution in [2.45, 2.75) is 38.8 Å². The van der Waals surface area contributed by atoms with Crippen molar-refractivity contribution in [2.24, 2.45) is 0 Å². The molecule has 1 aromatic carbocycles. The Kier molecular flexibility index (Phi) is 3.92. The second-order valence-corrected chi connectivity index (χ2v) is 6.67. The maximum atomic E-state index is 12.5. The summed E-state index contributed by atoms with van der Waals surface area (Å²) in [7, 11) is 0. The fraction of sp³-hybridized carbons (Fsp3) is 0.300. The van der Waals surface area contributed by atoms with Crippen LogP contribution in [0.4, 0.5) is 0 Å². The molecule has 2 aromatic heterocycles. The molecule has 25 heavy (non-hydrogen) atoms. The van der Waals surface area contributed by atoms with E-state index in [-0.39, 0.29) is 18.1 Å². The van der Waals surface area contributed by atoms with Gasteiger partial charge in [0.2, 0.25) is 0 Å². The number of aromatic nitrogens is 2. The van der Waals surface area contributed by atoms with Gasteiger partial charge in [0.25, 0.3) is 5.91 Å². The van der Waals surface area contributed by atoms with E-state index < -0.39 is 0 Å². The maximum absolute atomic E-state index is 12.5. The van der Waals surface area contributed by atoms with Gasteiger partial charge in [-0.05, 0) is 43.2 Å². The van der Waals surface area contributed by atoms with Crippen LogP contribution in [0.25, 0.3) is 5.52 Å². The predicted molar refractivity (Wildman–Crippen MR) is 96.0 cm³/mol. The first-order chi connectivity index (χ1) is 12.1. The van der Waals surface area contributed by atoms with Crippen molar-refractivity contribution < 1.29 is 9.53 Å². The number of fused-ring (bicyclic) bond motifs is 1. The van der Waals surface area contributed by atoms with Crippen LogP contribution in [0.5, 0.6) is 5.75 Å². The number of benzene rings is 1. The molecule has 1 aliphatic carbocycles. The highest BCUT2D eigenvalue weighted by atomic mass is 16.5.